The Morgan fingerprint density at radius 1 is 1.38 bits per heavy atom. The van der Waals surface area contributed by atoms with Crippen molar-refractivity contribution in [3.63, 3.8) is 0 Å². The zero-order valence-electron chi connectivity index (χ0n) is 18.2. The second-order valence-corrected chi connectivity index (χ2v) is 8.52. The van der Waals surface area contributed by atoms with Gasteiger partial charge in [0.2, 0.25) is 5.60 Å². The van der Waals surface area contributed by atoms with Gasteiger partial charge in [-0.25, -0.2) is 19.3 Å². The van der Waals surface area contributed by atoms with Crippen LogP contribution >= 0.6 is 0 Å². The van der Waals surface area contributed by atoms with Crippen molar-refractivity contribution in [1.82, 2.24) is 19.5 Å². The van der Waals surface area contributed by atoms with Crippen molar-refractivity contribution in [2.24, 2.45) is 4.99 Å². The van der Waals surface area contributed by atoms with Gasteiger partial charge in [0.15, 0.2) is 23.3 Å². The molecule has 0 radical (unpaired) electrons. The van der Waals surface area contributed by atoms with Crippen molar-refractivity contribution in [3.05, 3.63) is 24.2 Å². The molecule has 168 valence electrons. The summed E-state index contributed by atoms with van der Waals surface area (Å²) >= 11 is 0. The van der Waals surface area contributed by atoms with Crippen LogP contribution in [0.5, 0.6) is 0 Å². The molecule has 0 N–H and O–H groups in total. The summed E-state index contributed by atoms with van der Waals surface area (Å²) in [6, 6.07) is 5.78. The molecular weight excluding hydrogens is 420 g/mol. The Morgan fingerprint density at radius 2 is 2.16 bits per heavy atom. The topological polar surface area (TPSA) is 133 Å². The fourth-order valence-electron chi connectivity index (χ4n) is 4.61. The van der Waals surface area contributed by atoms with E-state index in [9.17, 15) is 10.1 Å². The Morgan fingerprint density at radius 3 is 2.84 bits per heavy atom. The molecule has 5 atom stereocenters. The highest BCUT2D eigenvalue weighted by Gasteiger charge is 2.96. The Bertz CT molecular complexity index is 1170. The summed E-state index contributed by atoms with van der Waals surface area (Å²) in [4.78, 5) is 22.2. The van der Waals surface area contributed by atoms with Crippen LogP contribution in [0.3, 0.4) is 0 Å². The van der Waals surface area contributed by atoms with Gasteiger partial charge < -0.3 is 28.6 Å². The molecule has 1 saturated carbocycles. The van der Waals surface area contributed by atoms with Gasteiger partial charge in [-0.15, -0.1) is 0 Å². The fourth-order valence-corrected chi connectivity index (χ4v) is 4.61. The van der Waals surface area contributed by atoms with Crippen molar-refractivity contribution in [2.75, 3.05) is 21.2 Å². The molecule has 3 aliphatic rings. The van der Waals surface area contributed by atoms with Gasteiger partial charge in [0.1, 0.15) is 30.1 Å². The molecule has 1 aliphatic carbocycles. The lowest BCUT2D eigenvalue weighted by molar-refractivity contribution is -0.182. The van der Waals surface area contributed by atoms with Gasteiger partial charge in [0.05, 0.1) is 19.1 Å². The summed E-state index contributed by atoms with van der Waals surface area (Å²) < 4.78 is 30.1. The number of nitrogens with zero attached hydrogens (tertiary/aromatic N) is 6. The number of hydrogen-bond acceptors (Lipinski definition) is 10. The van der Waals surface area contributed by atoms with Crippen molar-refractivity contribution in [1.29, 1.82) is 5.26 Å². The Labute approximate surface area is 183 Å². The van der Waals surface area contributed by atoms with Crippen molar-refractivity contribution in [2.45, 2.75) is 49.1 Å². The lowest BCUT2D eigenvalue weighted by Gasteiger charge is -2.24. The highest BCUT2D eigenvalue weighted by Crippen LogP contribution is 2.71. The van der Waals surface area contributed by atoms with E-state index in [1.165, 1.54) is 13.4 Å². The minimum absolute atomic E-state index is 0.476. The van der Waals surface area contributed by atoms with E-state index in [1.54, 1.807) is 29.6 Å². The molecule has 32 heavy (non-hydrogen) atoms. The standard InChI is InChI=1S/C20H22N6O6/c1-18(2)31-14-13(30-19(8-21)16(20(14,19)32-18)29-17(27)28-5)11-6-7-12-15(23-10-25(3)4)22-9-24-26(11)12/h6-7,9-10,13-14,16H,1-5H3/t13-,14-,16?,19+,20+/m0/s1. The third-order valence-electron chi connectivity index (χ3n) is 5.80. The van der Waals surface area contributed by atoms with Crippen LogP contribution in [0.25, 0.3) is 5.52 Å². The van der Waals surface area contributed by atoms with E-state index in [4.69, 9.17) is 18.9 Å². The number of nitriles is 1. The molecule has 0 amide bonds. The summed E-state index contributed by atoms with van der Waals surface area (Å²) in [6.45, 7) is 3.47. The highest BCUT2D eigenvalue weighted by atomic mass is 16.8. The molecule has 2 aromatic rings. The van der Waals surface area contributed by atoms with Crippen LogP contribution in [0.2, 0.25) is 0 Å². The average Bonchev–Trinajstić information content (AvgIpc) is 3.10. The Hall–Kier alpha value is -3.27. The number of aliphatic imine (C=N–C) groups is 1. The van der Waals surface area contributed by atoms with Crippen LogP contribution in [-0.2, 0) is 23.7 Å². The Balaban J connectivity index is 1.56. The van der Waals surface area contributed by atoms with Gasteiger partial charge >= 0.3 is 6.16 Å². The van der Waals surface area contributed by atoms with Gasteiger partial charge in [-0.1, -0.05) is 0 Å². The molecule has 2 aliphatic heterocycles. The largest absolute Gasteiger partial charge is 0.508 e. The molecule has 12 heteroatoms. The fraction of sp³-hybridized carbons (Fsp3) is 0.550. The van der Waals surface area contributed by atoms with E-state index in [0.29, 0.717) is 17.0 Å². The molecule has 2 saturated heterocycles. The highest BCUT2D eigenvalue weighted by molar-refractivity contribution is 5.71. The van der Waals surface area contributed by atoms with Crippen LogP contribution in [-0.4, -0.2) is 82.4 Å². The third-order valence-corrected chi connectivity index (χ3v) is 5.80. The van der Waals surface area contributed by atoms with Gasteiger partial charge in [0, 0.05) is 14.1 Å². The summed E-state index contributed by atoms with van der Waals surface area (Å²) in [5.74, 6) is -0.546. The summed E-state index contributed by atoms with van der Waals surface area (Å²) in [7, 11) is 4.91. The predicted molar refractivity (Wildman–Crippen MR) is 107 cm³/mol. The number of aromatic nitrogens is 3. The van der Waals surface area contributed by atoms with E-state index >= 15 is 0 Å². The van der Waals surface area contributed by atoms with Gasteiger partial charge in [0.25, 0.3) is 0 Å². The van der Waals surface area contributed by atoms with Crippen LogP contribution in [0.15, 0.2) is 23.5 Å². The van der Waals surface area contributed by atoms with Crippen molar-refractivity contribution in [3.8, 4) is 6.07 Å². The summed E-state index contributed by atoms with van der Waals surface area (Å²) in [5.41, 5.74) is -1.53. The molecule has 1 spiro atoms. The van der Waals surface area contributed by atoms with E-state index in [-0.39, 0.29) is 0 Å². The number of fused-ring (bicyclic) bond motifs is 1. The molecule has 0 bridgehead atoms. The van der Waals surface area contributed by atoms with Crippen LogP contribution in [0, 0.1) is 11.3 Å². The molecule has 4 heterocycles. The number of methoxy groups -OCH3 is 1. The minimum Gasteiger partial charge on any atom is -0.438 e. The van der Waals surface area contributed by atoms with Crippen molar-refractivity contribution >= 4 is 23.8 Å². The number of carbonyl (C=O) groups excluding carboxylic acids is 1. The van der Waals surface area contributed by atoms with E-state index in [2.05, 4.69) is 25.9 Å². The number of ether oxygens (including phenoxy) is 5. The smallest absolute Gasteiger partial charge is 0.438 e. The maximum absolute atomic E-state index is 11.8. The molecule has 2 aromatic heterocycles. The average molecular weight is 442 g/mol. The quantitative estimate of drug-likeness (QED) is 0.388. The third kappa shape index (κ3) is 2.59. The van der Waals surface area contributed by atoms with Gasteiger partial charge in [-0.3, -0.25) is 0 Å². The number of carbonyl (C=O) groups is 1. The van der Waals surface area contributed by atoms with Gasteiger partial charge in [-0.05, 0) is 26.0 Å². The SMILES string of the molecule is COC(=O)OC1[C@@]2(C#N)O[C@@H](c3ccc4c(N=CN(C)C)ncnn34)[C@@H]3OC(C)(C)O[C@@]132. The molecule has 12 nitrogen and oxygen atoms in total. The second kappa shape index (κ2) is 6.61. The maximum atomic E-state index is 11.8. The summed E-state index contributed by atoms with van der Waals surface area (Å²) in [5, 5.41) is 14.4. The maximum Gasteiger partial charge on any atom is 0.508 e. The first kappa shape index (κ1) is 20.6. The lowest BCUT2D eigenvalue weighted by Crippen LogP contribution is -2.34. The Kier molecular flexibility index (Phi) is 4.26. The van der Waals surface area contributed by atoms with Crippen molar-refractivity contribution < 1.29 is 28.5 Å². The van der Waals surface area contributed by atoms with Crippen LogP contribution < -0.4 is 0 Å². The normalized spacial score (nSPS) is 34.2. The second-order valence-electron chi connectivity index (χ2n) is 8.52. The first-order valence-electron chi connectivity index (χ1n) is 9.94. The molecule has 1 unspecified atom stereocenters. The van der Waals surface area contributed by atoms with Gasteiger partial charge in [-0.2, -0.15) is 10.4 Å². The van der Waals surface area contributed by atoms with E-state index in [1.807, 2.05) is 26.2 Å². The minimum atomic E-state index is -1.53. The van der Waals surface area contributed by atoms with Crippen LogP contribution in [0.4, 0.5) is 10.6 Å². The van der Waals surface area contributed by atoms with E-state index in [0.717, 1.165) is 0 Å². The lowest BCUT2D eigenvalue weighted by atomic mass is 10.0. The molecule has 0 aromatic carbocycles. The first-order valence-corrected chi connectivity index (χ1v) is 9.94. The van der Waals surface area contributed by atoms with E-state index < -0.39 is 41.5 Å². The summed E-state index contributed by atoms with van der Waals surface area (Å²) in [6.07, 6.45) is -0.322. The first-order chi connectivity index (χ1) is 15.2. The zero-order chi connectivity index (χ0) is 22.9. The molecule has 3 fully saturated rings. The monoisotopic (exact) mass is 442 g/mol. The molecule has 5 rings (SSSR count). The molecular formula is C20H22N6O6. The number of hydrogen-bond donors (Lipinski definition) is 0. The van der Waals surface area contributed by atoms with Crippen LogP contribution in [0.1, 0.15) is 25.6 Å². The number of rotatable bonds is 4. The predicted octanol–water partition coefficient (Wildman–Crippen LogP) is 1.34. The zero-order valence-corrected chi connectivity index (χ0v) is 18.2.